The molecular weight excluding hydrogens is 320 g/mol. The van der Waals surface area contributed by atoms with E-state index in [9.17, 15) is 4.79 Å². The van der Waals surface area contributed by atoms with Crippen LogP contribution in [0.2, 0.25) is 0 Å². The molecule has 0 bridgehead atoms. The normalized spacial score (nSPS) is 18.0. The van der Waals surface area contributed by atoms with Gasteiger partial charge >= 0.3 is 5.97 Å². The maximum absolute atomic E-state index is 12.1. The van der Waals surface area contributed by atoms with Crippen LogP contribution in [0.3, 0.4) is 0 Å². The Morgan fingerprint density at radius 3 is 3.00 bits per heavy atom. The van der Waals surface area contributed by atoms with Crippen LogP contribution in [-0.4, -0.2) is 36.9 Å². The van der Waals surface area contributed by atoms with Crippen LogP contribution in [-0.2, 0) is 9.53 Å². The second kappa shape index (κ2) is 7.43. The summed E-state index contributed by atoms with van der Waals surface area (Å²) in [6.07, 6.45) is 3.98. The molecule has 0 unspecified atom stereocenters. The number of hydrogen-bond donors (Lipinski definition) is 0. The molecule has 0 N–H and O–H groups in total. The highest BCUT2D eigenvalue weighted by molar-refractivity contribution is 7.98. The van der Waals surface area contributed by atoms with Crippen molar-refractivity contribution in [3.63, 3.8) is 0 Å². The molecule has 1 aromatic heterocycles. The summed E-state index contributed by atoms with van der Waals surface area (Å²) >= 11 is 1.74. The Morgan fingerprint density at radius 2 is 2.25 bits per heavy atom. The third-order valence-electron chi connectivity index (χ3n) is 4.57. The van der Waals surface area contributed by atoms with Crippen molar-refractivity contribution >= 4 is 34.5 Å². The summed E-state index contributed by atoms with van der Waals surface area (Å²) in [6.45, 7) is 6.07. The van der Waals surface area contributed by atoms with Crippen LogP contribution in [0, 0.1) is 12.8 Å². The first-order valence-corrected chi connectivity index (χ1v) is 9.71. The van der Waals surface area contributed by atoms with E-state index in [1.807, 2.05) is 6.92 Å². The van der Waals surface area contributed by atoms with E-state index in [4.69, 9.17) is 9.72 Å². The molecule has 128 valence electrons. The molecule has 24 heavy (non-hydrogen) atoms. The molecular formula is C19H24N2O2S. The quantitative estimate of drug-likeness (QED) is 0.618. The highest BCUT2D eigenvalue weighted by atomic mass is 32.2. The molecule has 1 saturated heterocycles. The van der Waals surface area contributed by atoms with E-state index in [1.165, 1.54) is 15.8 Å². The molecule has 0 radical (unpaired) electrons. The molecule has 1 aromatic carbocycles. The molecule has 0 amide bonds. The Morgan fingerprint density at radius 1 is 1.42 bits per heavy atom. The minimum absolute atomic E-state index is 0.0460. The summed E-state index contributed by atoms with van der Waals surface area (Å²) in [5.41, 5.74) is 2.24. The lowest BCUT2D eigenvalue weighted by molar-refractivity contribution is -0.148. The number of carbonyl (C=O) groups is 1. The summed E-state index contributed by atoms with van der Waals surface area (Å²) in [5.74, 6) is 0.839. The molecule has 2 aromatic rings. The minimum atomic E-state index is -0.0793. The molecule has 2 heterocycles. The summed E-state index contributed by atoms with van der Waals surface area (Å²) in [4.78, 5) is 20.4. The number of pyridine rings is 1. The lowest BCUT2D eigenvalue weighted by Gasteiger charge is -2.32. The summed E-state index contributed by atoms with van der Waals surface area (Å²) in [7, 11) is 0. The van der Waals surface area contributed by atoms with Crippen molar-refractivity contribution in [2.45, 2.75) is 31.6 Å². The number of ether oxygens (including phenoxy) is 1. The number of aryl methyl sites for hydroxylation is 1. The van der Waals surface area contributed by atoms with E-state index < -0.39 is 0 Å². The third kappa shape index (κ3) is 3.51. The van der Waals surface area contributed by atoms with E-state index in [-0.39, 0.29) is 11.9 Å². The van der Waals surface area contributed by atoms with Crippen molar-refractivity contribution in [1.82, 2.24) is 4.98 Å². The predicted molar refractivity (Wildman–Crippen MR) is 99.8 cm³/mol. The summed E-state index contributed by atoms with van der Waals surface area (Å²) in [6, 6.07) is 8.54. The van der Waals surface area contributed by atoms with Gasteiger partial charge in [-0.3, -0.25) is 4.79 Å². The number of piperidine rings is 1. The van der Waals surface area contributed by atoms with Gasteiger partial charge in [0.15, 0.2) is 0 Å². The van der Waals surface area contributed by atoms with Crippen molar-refractivity contribution < 1.29 is 9.53 Å². The average Bonchev–Trinajstić information content (AvgIpc) is 2.61. The molecule has 1 aliphatic heterocycles. The second-order valence-corrected chi connectivity index (χ2v) is 7.10. The van der Waals surface area contributed by atoms with Gasteiger partial charge in [-0.05, 0) is 62.8 Å². The van der Waals surface area contributed by atoms with Gasteiger partial charge in [-0.15, -0.1) is 11.8 Å². The Balaban J connectivity index is 1.87. The SMILES string of the molecule is CCOC(=O)[C@@H]1CCCN(c2cc(C)c3cc(SC)ccc3n2)C1. The molecule has 1 fully saturated rings. The third-order valence-corrected chi connectivity index (χ3v) is 5.30. The first-order valence-electron chi connectivity index (χ1n) is 8.49. The van der Waals surface area contributed by atoms with Gasteiger partial charge in [-0.25, -0.2) is 4.98 Å². The van der Waals surface area contributed by atoms with E-state index in [1.54, 1.807) is 11.8 Å². The fourth-order valence-corrected chi connectivity index (χ4v) is 3.72. The number of carbonyl (C=O) groups excluding carboxylic acids is 1. The van der Waals surface area contributed by atoms with Crippen LogP contribution in [0.1, 0.15) is 25.3 Å². The second-order valence-electron chi connectivity index (χ2n) is 6.22. The molecule has 0 spiro atoms. The number of fused-ring (bicyclic) bond motifs is 1. The van der Waals surface area contributed by atoms with Gasteiger partial charge < -0.3 is 9.64 Å². The first-order chi connectivity index (χ1) is 11.6. The highest BCUT2D eigenvalue weighted by Gasteiger charge is 2.27. The molecule has 5 heteroatoms. The van der Waals surface area contributed by atoms with Gasteiger partial charge in [0, 0.05) is 23.4 Å². The largest absolute Gasteiger partial charge is 0.466 e. The molecule has 0 aliphatic carbocycles. The molecule has 1 aliphatic rings. The zero-order valence-corrected chi connectivity index (χ0v) is 15.4. The Labute approximate surface area is 147 Å². The van der Waals surface area contributed by atoms with Gasteiger partial charge in [0.1, 0.15) is 5.82 Å². The van der Waals surface area contributed by atoms with Gasteiger partial charge in [0.2, 0.25) is 0 Å². The molecule has 0 saturated carbocycles. The minimum Gasteiger partial charge on any atom is -0.466 e. The van der Waals surface area contributed by atoms with Gasteiger partial charge in [-0.2, -0.15) is 0 Å². The van der Waals surface area contributed by atoms with Gasteiger partial charge in [0.05, 0.1) is 18.0 Å². The number of esters is 1. The van der Waals surface area contributed by atoms with Crippen molar-refractivity contribution in [1.29, 1.82) is 0 Å². The number of benzene rings is 1. The molecule has 4 nitrogen and oxygen atoms in total. The number of anilines is 1. The standard InChI is InChI=1S/C19H24N2O2S/c1-4-23-19(22)14-6-5-9-21(12-14)18-10-13(2)16-11-15(24-3)7-8-17(16)20-18/h7-8,10-11,14H,4-6,9,12H2,1-3H3/t14-/m1/s1. The van der Waals surface area contributed by atoms with E-state index in [0.29, 0.717) is 13.2 Å². The highest BCUT2D eigenvalue weighted by Crippen LogP contribution is 2.29. The monoisotopic (exact) mass is 344 g/mol. The van der Waals surface area contributed by atoms with Crippen LogP contribution in [0.25, 0.3) is 10.9 Å². The summed E-state index contributed by atoms with van der Waals surface area (Å²) < 4.78 is 5.20. The molecule has 3 rings (SSSR count). The fraction of sp³-hybridized carbons (Fsp3) is 0.474. The van der Waals surface area contributed by atoms with Crippen LogP contribution >= 0.6 is 11.8 Å². The Hall–Kier alpha value is -1.75. The van der Waals surface area contributed by atoms with Crippen molar-refractivity contribution in [3.05, 3.63) is 29.8 Å². The zero-order chi connectivity index (χ0) is 17.1. The average molecular weight is 344 g/mol. The van der Waals surface area contributed by atoms with Crippen LogP contribution in [0.5, 0.6) is 0 Å². The van der Waals surface area contributed by atoms with Crippen molar-refractivity contribution in [2.24, 2.45) is 5.92 Å². The Bertz CT molecular complexity index is 747. The maximum Gasteiger partial charge on any atom is 0.310 e. The van der Waals surface area contributed by atoms with Gasteiger partial charge in [0.25, 0.3) is 0 Å². The zero-order valence-electron chi connectivity index (χ0n) is 14.5. The smallest absolute Gasteiger partial charge is 0.310 e. The van der Waals surface area contributed by atoms with Crippen LogP contribution in [0.15, 0.2) is 29.2 Å². The number of aromatic nitrogens is 1. The number of rotatable bonds is 4. The lowest BCUT2D eigenvalue weighted by Crippen LogP contribution is -2.39. The van der Waals surface area contributed by atoms with E-state index in [0.717, 1.165) is 30.7 Å². The van der Waals surface area contributed by atoms with E-state index >= 15 is 0 Å². The maximum atomic E-state index is 12.1. The van der Waals surface area contributed by atoms with Crippen molar-refractivity contribution in [3.8, 4) is 0 Å². The Kier molecular flexibility index (Phi) is 5.29. The van der Waals surface area contributed by atoms with Crippen molar-refractivity contribution in [2.75, 3.05) is 30.9 Å². The van der Waals surface area contributed by atoms with Gasteiger partial charge in [-0.1, -0.05) is 0 Å². The number of nitrogens with zero attached hydrogens (tertiary/aromatic N) is 2. The van der Waals surface area contributed by atoms with E-state index in [2.05, 4.69) is 42.3 Å². The lowest BCUT2D eigenvalue weighted by atomic mass is 9.98. The summed E-state index contributed by atoms with van der Waals surface area (Å²) in [5, 5.41) is 1.20. The first kappa shape index (κ1) is 17.1. The number of thioether (sulfide) groups is 1. The molecule has 1 atom stereocenters. The fourth-order valence-electron chi connectivity index (χ4n) is 3.28. The topological polar surface area (TPSA) is 42.4 Å². The predicted octanol–water partition coefficient (Wildman–Crippen LogP) is 4.04. The number of hydrogen-bond acceptors (Lipinski definition) is 5. The van der Waals surface area contributed by atoms with Crippen LogP contribution in [0.4, 0.5) is 5.82 Å². The van der Waals surface area contributed by atoms with Crippen LogP contribution < -0.4 is 4.90 Å².